The minimum Gasteiger partial charge on any atom is -0.439 e. The average molecular weight is 284 g/mol. The number of nitrogens with zero attached hydrogens (tertiary/aromatic N) is 1. The molecule has 1 aliphatic rings. The summed E-state index contributed by atoms with van der Waals surface area (Å²) in [6, 6.07) is 7.43. The fraction of sp³-hybridized carbons (Fsp3) is 0.273. The fourth-order valence-corrected chi connectivity index (χ4v) is 1.84. The van der Waals surface area contributed by atoms with Gasteiger partial charge in [0.15, 0.2) is 0 Å². The van der Waals surface area contributed by atoms with Crippen molar-refractivity contribution in [1.29, 1.82) is 0 Å². The number of amides is 1. The highest BCUT2D eigenvalue weighted by molar-refractivity contribution is 9.10. The molecule has 2 atom stereocenters. The van der Waals surface area contributed by atoms with Gasteiger partial charge < -0.3 is 9.84 Å². The topological polar surface area (TPSA) is 58.9 Å². The highest BCUT2D eigenvalue weighted by Gasteiger charge is 2.28. The van der Waals surface area contributed by atoms with Gasteiger partial charge >= 0.3 is 6.09 Å². The van der Waals surface area contributed by atoms with Gasteiger partial charge in [-0.1, -0.05) is 28.1 Å². The third-order valence-corrected chi connectivity index (χ3v) is 2.93. The van der Waals surface area contributed by atoms with Crippen LogP contribution in [0.2, 0.25) is 0 Å². The van der Waals surface area contributed by atoms with Crippen LogP contribution in [0.1, 0.15) is 11.7 Å². The van der Waals surface area contributed by atoms with E-state index in [1.807, 2.05) is 24.3 Å². The van der Waals surface area contributed by atoms with E-state index >= 15 is 0 Å². The predicted molar refractivity (Wildman–Crippen MR) is 62.4 cm³/mol. The van der Waals surface area contributed by atoms with Crippen LogP contribution in [0.5, 0.6) is 0 Å². The number of ether oxygens (including phenoxy) is 1. The van der Waals surface area contributed by atoms with Crippen molar-refractivity contribution in [1.82, 2.24) is 0 Å². The molecule has 1 amide bonds. The summed E-state index contributed by atoms with van der Waals surface area (Å²) in [5, 5.41) is 9.17. The third kappa shape index (κ3) is 2.31. The van der Waals surface area contributed by atoms with E-state index in [-0.39, 0.29) is 12.5 Å². The Bertz CT molecular complexity index is 416. The number of hydrogen-bond acceptors (Lipinski definition) is 3. The molecule has 0 spiro atoms. The number of carbonyl (C=O) groups is 1. The summed E-state index contributed by atoms with van der Waals surface area (Å²) in [7, 11) is 0. The van der Waals surface area contributed by atoms with Crippen LogP contribution < -0.4 is 0 Å². The SMILES string of the molecule is O=C1N=CC(CO)[C@@H](c2ccc(Br)cc2)O1. The Morgan fingerprint density at radius 2 is 2.06 bits per heavy atom. The molecule has 1 aromatic rings. The summed E-state index contributed by atoms with van der Waals surface area (Å²) < 4.78 is 6.06. The second-order valence-corrected chi connectivity index (χ2v) is 4.40. The number of cyclic esters (lactones) is 1. The summed E-state index contributed by atoms with van der Waals surface area (Å²) in [5.74, 6) is -0.279. The van der Waals surface area contributed by atoms with Crippen LogP contribution in [0.15, 0.2) is 33.7 Å². The zero-order valence-corrected chi connectivity index (χ0v) is 9.92. The zero-order chi connectivity index (χ0) is 11.5. The van der Waals surface area contributed by atoms with Gasteiger partial charge in [-0.15, -0.1) is 0 Å². The highest BCUT2D eigenvalue weighted by Crippen LogP contribution is 2.29. The number of benzene rings is 1. The van der Waals surface area contributed by atoms with E-state index < -0.39 is 12.2 Å². The molecular weight excluding hydrogens is 274 g/mol. The Kier molecular flexibility index (Phi) is 3.36. The molecule has 4 nitrogen and oxygen atoms in total. The van der Waals surface area contributed by atoms with E-state index in [2.05, 4.69) is 20.9 Å². The summed E-state index contributed by atoms with van der Waals surface area (Å²) >= 11 is 3.33. The zero-order valence-electron chi connectivity index (χ0n) is 8.34. The van der Waals surface area contributed by atoms with E-state index in [1.165, 1.54) is 6.21 Å². The van der Waals surface area contributed by atoms with Crippen LogP contribution in [0.4, 0.5) is 4.79 Å². The van der Waals surface area contributed by atoms with Crippen molar-refractivity contribution in [2.24, 2.45) is 10.9 Å². The van der Waals surface area contributed by atoms with E-state index in [4.69, 9.17) is 4.74 Å². The Labute approximate surface area is 101 Å². The van der Waals surface area contributed by atoms with Gasteiger partial charge in [-0.25, -0.2) is 4.79 Å². The molecule has 5 heteroatoms. The number of aliphatic hydroxyl groups excluding tert-OH is 1. The van der Waals surface area contributed by atoms with Gasteiger partial charge in [-0.3, -0.25) is 0 Å². The van der Waals surface area contributed by atoms with Crippen molar-refractivity contribution in [2.75, 3.05) is 6.61 Å². The predicted octanol–water partition coefficient (Wildman–Crippen LogP) is 2.32. The Morgan fingerprint density at radius 1 is 1.38 bits per heavy atom. The molecule has 0 aromatic heterocycles. The molecule has 1 aromatic carbocycles. The van der Waals surface area contributed by atoms with Crippen molar-refractivity contribution in [3.63, 3.8) is 0 Å². The molecule has 0 bridgehead atoms. The molecule has 84 valence electrons. The number of halogens is 1. The van der Waals surface area contributed by atoms with Crippen LogP contribution in [-0.2, 0) is 4.74 Å². The van der Waals surface area contributed by atoms with Crippen molar-refractivity contribution in [2.45, 2.75) is 6.10 Å². The molecule has 0 saturated carbocycles. The van der Waals surface area contributed by atoms with Gasteiger partial charge in [0.25, 0.3) is 0 Å². The lowest BCUT2D eigenvalue weighted by Crippen LogP contribution is -2.27. The summed E-state index contributed by atoms with van der Waals surface area (Å²) in [4.78, 5) is 14.6. The number of carbonyl (C=O) groups excluding carboxylic acids is 1. The van der Waals surface area contributed by atoms with Gasteiger partial charge in [0.05, 0.1) is 12.5 Å². The molecule has 2 rings (SSSR count). The molecule has 16 heavy (non-hydrogen) atoms. The number of aliphatic imine (C=N–C) groups is 1. The molecule has 0 aliphatic carbocycles. The number of hydrogen-bond donors (Lipinski definition) is 1. The van der Waals surface area contributed by atoms with Crippen LogP contribution in [0, 0.1) is 5.92 Å². The molecular formula is C11H10BrNO3. The van der Waals surface area contributed by atoms with Crippen LogP contribution >= 0.6 is 15.9 Å². The maximum atomic E-state index is 11.1. The molecule has 1 aliphatic heterocycles. The van der Waals surface area contributed by atoms with Crippen LogP contribution in [0.3, 0.4) is 0 Å². The minimum absolute atomic E-state index is 0.0997. The third-order valence-electron chi connectivity index (χ3n) is 2.40. The first-order valence-corrected chi connectivity index (χ1v) is 5.61. The smallest absolute Gasteiger partial charge is 0.433 e. The number of rotatable bonds is 2. The van der Waals surface area contributed by atoms with Gasteiger partial charge in [-0.2, -0.15) is 4.99 Å². The van der Waals surface area contributed by atoms with E-state index in [0.29, 0.717) is 0 Å². The lowest BCUT2D eigenvalue weighted by atomic mass is 9.96. The first kappa shape index (κ1) is 11.3. The Morgan fingerprint density at radius 3 is 2.69 bits per heavy atom. The molecule has 1 heterocycles. The van der Waals surface area contributed by atoms with Gasteiger partial charge in [0.1, 0.15) is 6.10 Å². The molecule has 0 saturated heterocycles. The summed E-state index contributed by atoms with van der Waals surface area (Å²) in [5.41, 5.74) is 0.849. The largest absolute Gasteiger partial charge is 0.439 e. The first-order chi connectivity index (χ1) is 7.70. The van der Waals surface area contributed by atoms with Crippen molar-refractivity contribution < 1.29 is 14.6 Å². The monoisotopic (exact) mass is 283 g/mol. The van der Waals surface area contributed by atoms with Gasteiger partial charge in [-0.05, 0) is 17.7 Å². The Balaban J connectivity index is 2.28. The molecule has 0 fully saturated rings. The van der Waals surface area contributed by atoms with Crippen molar-refractivity contribution in [3.05, 3.63) is 34.3 Å². The second kappa shape index (κ2) is 4.76. The quantitative estimate of drug-likeness (QED) is 0.906. The van der Waals surface area contributed by atoms with Gasteiger partial charge in [0, 0.05) is 10.7 Å². The normalized spacial score (nSPS) is 24.2. The van der Waals surface area contributed by atoms with E-state index in [1.54, 1.807) is 0 Å². The minimum atomic E-state index is -0.613. The van der Waals surface area contributed by atoms with Crippen LogP contribution in [-0.4, -0.2) is 24.0 Å². The molecule has 1 unspecified atom stereocenters. The number of aliphatic hydroxyl groups is 1. The lowest BCUT2D eigenvalue weighted by Gasteiger charge is -2.25. The van der Waals surface area contributed by atoms with E-state index in [9.17, 15) is 9.90 Å². The maximum Gasteiger partial charge on any atom is 0.433 e. The Hall–Kier alpha value is -1.20. The first-order valence-electron chi connectivity index (χ1n) is 4.82. The average Bonchev–Trinajstić information content (AvgIpc) is 2.30. The van der Waals surface area contributed by atoms with E-state index in [0.717, 1.165) is 10.0 Å². The highest BCUT2D eigenvalue weighted by atomic mass is 79.9. The standard InChI is InChI=1S/C11H10BrNO3/c12-9-3-1-7(2-4-9)10-8(6-14)5-13-11(15)16-10/h1-5,8,10,14H,6H2/t8?,10-/m1/s1. The summed E-state index contributed by atoms with van der Waals surface area (Å²) in [6.45, 7) is -0.0997. The van der Waals surface area contributed by atoms with Gasteiger partial charge in [0.2, 0.25) is 0 Å². The maximum absolute atomic E-state index is 11.1. The lowest BCUT2D eigenvalue weighted by molar-refractivity contribution is 0.0617. The molecule has 1 N–H and O–H groups in total. The summed E-state index contributed by atoms with van der Waals surface area (Å²) in [6.07, 6.45) is 0.374. The second-order valence-electron chi connectivity index (χ2n) is 3.48. The molecule has 0 radical (unpaired) electrons. The van der Waals surface area contributed by atoms with Crippen molar-refractivity contribution in [3.8, 4) is 0 Å². The van der Waals surface area contributed by atoms with Crippen molar-refractivity contribution >= 4 is 28.2 Å². The fourth-order valence-electron chi connectivity index (χ4n) is 1.57. The van der Waals surface area contributed by atoms with Crippen LogP contribution in [0.25, 0.3) is 0 Å².